The van der Waals surface area contributed by atoms with E-state index in [0.717, 1.165) is 12.1 Å². The second-order valence-corrected chi connectivity index (χ2v) is 19.8. The second kappa shape index (κ2) is 26.3. The number of fused-ring (bicyclic) bond motifs is 2. The Morgan fingerprint density at radius 1 is 0.597 bits per heavy atom. The molecule has 8 aromatic carbocycles. The number of benzene rings is 8. The van der Waals surface area contributed by atoms with Crippen LogP contribution in [0.1, 0.15) is 54.7 Å². The summed E-state index contributed by atoms with van der Waals surface area (Å²) in [5.74, 6) is -1.76. The summed E-state index contributed by atoms with van der Waals surface area (Å²) in [5.41, 5.74) is 0.895. The van der Waals surface area contributed by atoms with Crippen molar-refractivity contribution >= 4 is 160 Å². The van der Waals surface area contributed by atoms with Crippen molar-refractivity contribution in [3.8, 4) is 23.0 Å². The van der Waals surface area contributed by atoms with Crippen LogP contribution in [0.2, 0.25) is 10.0 Å². The maximum absolute atomic E-state index is 13.5. The van der Waals surface area contributed by atoms with Gasteiger partial charge >= 0.3 is 48.9 Å². The Kier molecular flexibility index (Phi) is 20.4. The summed E-state index contributed by atoms with van der Waals surface area (Å²) < 4.78 is 78.3. The predicted molar refractivity (Wildman–Crippen MR) is 294 cm³/mol. The van der Waals surface area contributed by atoms with Gasteiger partial charge in [-0.1, -0.05) is 116 Å². The van der Waals surface area contributed by atoms with Crippen molar-refractivity contribution in [1.82, 2.24) is 0 Å². The first-order chi connectivity index (χ1) is 36.3. The van der Waals surface area contributed by atoms with E-state index >= 15 is 0 Å². The van der Waals surface area contributed by atoms with E-state index in [4.69, 9.17) is 32.7 Å². The number of hydrogen-bond donors (Lipinski definition) is 4. The van der Waals surface area contributed by atoms with Gasteiger partial charge in [-0.2, -0.15) is 21.9 Å². The molecule has 4 N–H and O–H groups in total. The molecule has 0 heterocycles. The molecule has 23 heteroatoms. The average Bonchev–Trinajstić information content (AvgIpc) is 3.39. The fourth-order valence-corrected chi connectivity index (χ4v) is 9.68. The topological polar surface area (TPSA) is 284 Å². The van der Waals surface area contributed by atoms with E-state index in [0.29, 0.717) is 75.9 Å². The average molecular weight is 1240 g/mol. The first-order valence-electron chi connectivity index (χ1n) is 23.2. The molecule has 0 saturated heterocycles. The number of aromatic hydroxyl groups is 1. The van der Waals surface area contributed by atoms with Crippen molar-refractivity contribution in [2.24, 2.45) is 25.4 Å². The Labute approximate surface area is 493 Å². The zero-order valence-corrected chi connectivity index (χ0v) is 49.1. The van der Waals surface area contributed by atoms with Crippen molar-refractivity contribution in [2.45, 2.75) is 50.3 Å². The molecule has 8 aromatic rings. The van der Waals surface area contributed by atoms with E-state index < -0.39 is 53.3 Å². The van der Waals surface area contributed by atoms with E-state index in [2.05, 4.69) is 30.8 Å². The largest absolute Gasteiger partial charge is 2.00 e. The monoisotopic (exact) mass is 1240 g/mol. The first-order valence-corrected chi connectivity index (χ1v) is 26.8. The molecule has 0 bridgehead atoms. The van der Waals surface area contributed by atoms with Crippen molar-refractivity contribution in [2.75, 3.05) is 18.5 Å². The Morgan fingerprint density at radius 2 is 1.05 bits per heavy atom. The van der Waals surface area contributed by atoms with Crippen molar-refractivity contribution in [3.05, 3.63) is 166 Å². The molecule has 0 fully saturated rings. The van der Waals surface area contributed by atoms with Crippen LogP contribution in [0.5, 0.6) is 23.0 Å². The number of nitrogens with one attached hydrogen (secondary N) is 1. The molecule has 0 spiro atoms. The smallest absolute Gasteiger partial charge is 0.871 e. The number of halogens is 2. The van der Waals surface area contributed by atoms with Crippen molar-refractivity contribution in [3.63, 3.8) is 0 Å². The number of anilines is 1. The molecular weight excluding hydrogens is 1200 g/mol. The fourth-order valence-electron chi connectivity index (χ4n) is 7.69. The molecule has 0 aromatic heterocycles. The molecular formula is C54H46BaCl2N6O12S2. The zero-order valence-electron chi connectivity index (χ0n) is 41.6. The molecule has 392 valence electrons. The summed E-state index contributed by atoms with van der Waals surface area (Å²) in [4.78, 5) is 16.2. The normalized spacial score (nSPS) is 11.9. The molecule has 77 heavy (non-hydrogen) atoms. The van der Waals surface area contributed by atoms with Crippen LogP contribution >= 0.6 is 23.2 Å². The maximum Gasteiger partial charge on any atom is 2.00 e. The molecule has 0 aliphatic heterocycles. The third-order valence-corrected chi connectivity index (χ3v) is 13.8. The molecule has 0 saturated carbocycles. The Hall–Kier alpha value is -6.41. The number of azo groups is 2. The number of rotatable bonds is 16. The van der Waals surface area contributed by atoms with Gasteiger partial charge in [0.05, 0.1) is 30.2 Å². The molecule has 8 rings (SSSR count). The van der Waals surface area contributed by atoms with Crippen LogP contribution in [0.3, 0.4) is 0 Å². The van der Waals surface area contributed by atoms with Crippen LogP contribution < -0.4 is 25.0 Å². The Balaban J connectivity index is 0.000000246. The molecule has 1 amide bonds. The van der Waals surface area contributed by atoms with Crippen LogP contribution in [-0.2, 0) is 33.1 Å². The van der Waals surface area contributed by atoms with Crippen molar-refractivity contribution < 1.29 is 55.5 Å². The maximum atomic E-state index is 13.5. The summed E-state index contributed by atoms with van der Waals surface area (Å²) in [6.45, 7) is 8.01. The summed E-state index contributed by atoms with van der Waals surface area (Å²) in [6.07, 6.45) is 0.928. The number of para-hydroxylation sites is 4. The van der Waals surface area contributed by atoms with Gasteiger partial charge in [0.15, 0.2) is 5.75 Å². The predicted octanol–water partition coefficient (Wildman–Crippen LogP) is 12.3. The minimum absolute atomic E-state index is 0. The number of phenolic OH excluding ortho intramolecular Hbond substituents is 1. The minimum Gasteiger partial charge on any atom is -0.871 e. The van der Waals surface area contributed by atoms with Crippen LogP contribution in [0.4, 0.5) is 34.1 Å². The van der Waals surface area contributed by atoms with Crippen LogP contribution in [-0.4, -0.2) is 105 Å². The van der Waals surface area contributed by atoms with Crippen molar-refractivity contribution in [1.29, 1.82) is 0 Å². The van der Waals surface area contributed by atoms with E-state index in [1.54, 1.807) is 111 Å². The van der Waals surface area contributed by atoms with E-state index in [1.165, 1.54) is 24.3 Å². The molecule has 18 nitrogen and oxygen atoms in total. The third-order valence-electron chi connectivity index (χ3n) is 11.4. The fraction of sp³-hybridized carbons (Fsp3) is 0.148. The second-order valence-electron chi connectivity index (χ2n) is 16.2. The SMILES string of the molecule is CCOc1ccccc1N=C([O-])c1cc2ccccc2c(N=Nc2cc(CC)c(Cl)cc2S(=O)(=O)O)c1[O-].CCOc1ccccc1NC(=O)c1cc2ccccc2c(N=Nc2cc(CC)c(Cl)cc2S(=O)(=O)O)c1O.[Ba+2]. The van der Waals surface area contributed by atoms with Crippen LogP contribution in [0.25, 0.3) is 21.5 Å². The summed E-state index contributed by atoms with van der Waals surface area (Å²) >= 11 is 12.3. The van der Waals surface area contributed by atoms with Gasteiger partial charge < -0.3 is 30.1 Å². The number of aliphatic imine (C=N–C) groups is 1. The summed E-state index contributed by atoms with van der Waals surface area (Å²) in [6, 6.07) is 35.1. The van der Waals surface area contributed by atoms with Gasteiger partial charge in [-0.25, -0.2) is 0 Å². The van der Waals surface area contributed by atoms with Gasteiger partial charge in [0, 0.05) is 20.8 Å². The number of aryl methyl sites for hydroxylation is 2. The number of hydrogen-bond acceptors (Lipinski definition) is 15. The Morgan fingerprint density at radius 3 is 1.58 bits per heavy atom. The molecule has 0 radical (unpaired) electrons. The number of amides is 1. The number of carbonyl (C=O) groups is 1. The quantitative estimate of drug-likeness (QED) is 0.0231. The Bertz CT molecular complexity index is 3860. The van der Waals surface area contributed by atoms with E-state index in [9.17, 15) is 46.1 Å². The van der Waals surface area contributed by atoms with Gasteiger partial charge in [0.2, 0.25) is 0 Å². The van der Waals surface area contributed by atoms with Gasteiger partial charge in [-0.15, -0.1) is 15.3 Å². The van der Waals surface area contributed by atoms with E-state index in [-0.39, 0.29) is 98.5 Å². The first kappa shape index (κ1) is 59.8. The van der Waals surface area contributed by atoms with Crippen LogP contribution in [0.15, 0.2) is 169 Å². The molecule has 0 aliphatic carbocycles. The molecule has 0 aliphatic rings. The van der Waals surface area contributed by atoms with E-state index in [1.807, 2.05) is 13.8 Å². The van der Waals surface area contributed by atoms with Gasteiger partial charge in [-0.05, 0) is 121 Å². The zero-order chi connectivity index (χ0) is 54.9. The third kappa shape index (κ3) is 14.2. The number of phenols is 1. The summed E-state index contributed by atoms with van der Waals surface area (Å²) in [5, 5.41) is 59.0. The standard InChI is InChI=1S/2C27H24ClN3O6S.Ba/c2*1-3-16-14-22(24(15-20(16)28)38(34,35)36)30-31-25-18-10-6-5-9-17(18)13-19(26(25)32)27(33)29-21-11-7-8-12-23(21)37-4-2;/h2*5-15,32H,3-4H2,1-2H3,(H,29,33)(H,34,35,36);/q;;+2/p-2. The number of nitrogens with zero attached hydrogens (tertiary/aromatic N) is 5. The van der Waals surface area contributed by atoms with Gasteiger partial charge in [0.1, 0.15) is 44.0 Å². The minimum atomic E-state index is -4.70. The van der Waals surface area contributed by atoms with Crippen LogP contribution in [0, 0.1) is 0 Å². The number of carbonyl (C=O) groups excluding carboxylic acids is 1. The van der Waals surface area contributed by atoms with Gasteiger partial charge in [-0.3, -0.25) is 18.9 Å². The molecule has 0 atom stereocenters. The van der Waals surface area contributed by atoms with Gasteiger partial charge in [0.25, 0.3) is 26.1 Å². The summed E-state index contributed by atoms with van der Waals surface area (Å²) in [7, 11) is -9.38. The molecule has 0 unspecified atom stereocenters. The number of ether oxygens (including phenoxy) is 2.